The molecule has 0 radical (unpaired) electrons. The molecule has 2 heterocycles. The summed E-state index contributed by atoms with van der Waals surface area (Å²) < 4.78 is 11.1. The van der Waals surface area contributed by atoms with Crippen molar-refractivity contribution in [1.29, 1.82) is 0 Å². The highest BCUT2D eigenvalue weighted by Gasteiger charge is 2.36. The maximum Gasteiger partial charge on any atom is 0.249 e. The summed E-state index contributed by atoms with van der Waals surface area (Å²) >= 11 is 5.95. The van der Waals surface area contributed by atoms with Gasteiger partial charge in [-0.25, -0.2) is 0 Å². The van der Waals surface area contributed by atoms with Gasteiger partial charge in [0.05, 0.1) is 6.61 Å². The van der Waals surface area contributed by atoms with Gasteiger partial charge in [0.2, 0.25) is 17.6 Å². The molecule has 6 nitrogen and oxygen atoms in total. The van der Waals surface area contributed by atoms with Gasteiger partial charge in [-0.15, -0.1) is 0 Å². The normalized spacial score (nSPS) is 16.6. The van der Waals surface area contributed by atoms with E-state index in [0.717, 1.165) is 16.9 Å². The summed E-state index contributed by atoms with van der Waals surface area (Å²) in [5, 5.41) is 4.78. The minimum Gasteiger partial charge on any atom is -0.494 e. The number of ether oxygens (including phenoxy) is 1. The smallest absolute Gasteiger partial charge is 0.249 e. The highest BCUT2D eigenvalue weighted by atomic mass is 35.5. The molecule has 28 heavy (non-hydrogen) atoms. The molecule has 0 aliphatic carbocycles. The second kappa shape index (κ2) is 8.02. The fourth-order valence-electron chi connectivity index (χ4n) is 3.35. The van der Waals surface area contributed by atoms with E-state index in [1.807, 2.05) is 55.5 Å². The molecule has 1 atom stereocenters. The van der Waals surface area contributed by atoms with Crippen molar-refractivity contribution in [3.63, 3.8) is 0 Å². The van der Waals surface area contributed by atoms with Crippen LogP contribution in [0.25, 0.3) is 11.4 Å². The SMILES string of the molecule is CCOc1cccc(-c2noc(C3CCC(=O)N3Cc3ccc(Cl)cc3)n2)c1. The zero-order valence-electron chi connectivity index (χ0n) is 15.5. The van der Waals surface area contributed by atoms with E-state index >= 15 is 0 Å². The third-order valence-corrected chi connectivity index (χ3v) is 4.98. The van der Waals surface area contributed by atoms with E-state index in [0.29, 0.717) is 42.7 Å². The van der Waals surface area contributed by atoms with Crippen molar-refractivity contribution < 1.29 is 14.1 Å². The van der Waals surface area contributed by atoms with E-state index in [4.69, 9.17) is 20.9 Å². The molecule has 1 fully saturated rings. The molecular weight excluding hydrogens is 378 g/mol. The summed E-state index contributed by atoms with van der Waals surface area (Å²) in [5.41, 5.74) is 1.82. The Morgan fingerprint density at radius 1 is 1.25 bits per heavy atom. The Kier molecular flexibility index (Phi) is 5.30. The van der Waals surface area contributed by atoms with Gasteiger partial charge in [-0.05, 0) is 43.2 Å². The van der Waals surface area contributed by atoms with Crippen LogP contribution in [0.1, 0.15) is 37.3 Å². The van der Waals surface area contributed by atoms with Crippen LogP contribution in [0.4, 0.5) is 0 Å². The Labute approximate surface area is 168 Å². The molecular formula is C21H20ClN3O3. The first kappa shape index (κ1) is 18.5. The van der Waals surface area contributed by atoms with Crippen LogP contribution in [0, 0.1) is 0 Å². The molecule has 1 aromatic heterocycles. The van der Waals surface area contributed by atoms with E-state index in [9.17, 15) is 4.79 Å². The number of carbonyl (C=O) groups is 1. The lowest BCUT2D eigenvalue weighted by Gasteiger charge is -2.22. The van der Waals surface area contributed by atoms with Gasteiger partial charge in [-0.2, -0.15) is 4.98 Å². The first-order valence-electron chi connectivity index (χ1n) is 9.25. The number of likely N-dealkylation sites (tertiary alicyclic amines) is 1. The van der Waals surface area contributed by atoms with E-state index in [1.54, 1.807) is 4.90 Å². The summed E-state index contributed by atoms with van der Waals surface area (Å²) in [7, 11) is 0. The highest BCUT2D eigenvalue weighted by Crippen LogP contribution is 2.34. The molecule has 0 spiro atoms. The molecule has 4 rings (SSSR count). The standard InChI is InChI=1S/C21H20ClN3O3/c1-2-27-17-5-3-4-15(12-17)20-23-21(28-24-20)18-10-11-19(26)25(18)13-14-6-8-16(22)9-7-14/h3-9,12,18H,2,10-11,13H2,1H3. The number of rotatable bonds is 6. The van der Waals surface area contributed by atoms with E-state index in [2.05, 4.69) is 10.1 Å². The van der Waals surface area contributed by atoms with Crippen LogP contribution in [0.3, 0.4) is 0 Å². The maximum absolute atomic E-state index is 12.4. The predicted octanol–water partition coefficient (Wildman–Crippen LogP) is 4.65. The van der Waals surface area contributed by atoms with Crippen molar-refractivity contribution in [2.75, 3.05) is 6.61 Å². The maximum atomic E-state index is 12.4. The number of benzene rings is 2. The first-order valence-corrected chi connectivity index (χ1v) is 9.62. The second-order valence-corrected chi connectivity index (χ2v) is 7.06. The van der Waals surface area contributed by atoms with Crippen LogP contribution >= 0.6 is 11.6 Å². The molecule has 1 unspecified atom stereocenters. The van der Waals surface area contributed by atoms with Crippen molar-refractivity contribution in [1.82, 2.24) is 15.0 Å². The van der Waals surface area contributed by atoms with Gasteiger partial charge in [0.25, 0.3) is 0 Å². The number of halogens is 1. The summed E-state index contributed by atoms with van der Waals surface area (Å²) in [4.78, 5) is 18.8. The number of hydrogen-bond acceptors (Lipinski definition) is 5. The summed E-state index contributed by atoms with van der Waals surface area (Å²) in [5.74, 6) is 1.78. The average Bonchev–Trinajstić information content (AvgIpc) is 3.32. The molecule has 1 saturated heterocycles. The van der Waals surface area contributed by atoms with Crippen molar-refractivity contribution in [3.05, 3.63) is 65.0 Å². The fourth-order valence-corrected chi connectivity index (χ4v) is 3.48. The van der Waals surface area contributed by atoms with Crippen LogP contribution in [0.5, 0.6) is 5.75 Å². The largest absolute Gasteiger partial charge is 0.494 e. The number of amides is 1. The Bertz CT molecular complexity index is 971. The van der Waals surface area contributed by atoms with Crippen LogP contribution in [-0.4, -0.2) is 27.6 Å². The summed E-state index contributed by atoms with van der Waals surface area (Å²) in [6, 6.07) is 14.8. The number of nitrogens with zero attached hydrogens (tertiary/aromatic N) is 3. The molecule has 1 aliphatic heterocycles. The fraction of sp³-hybridized carbons (Fsp3) is 0.286. The van der Waals surface area contributed by atoms with Gasteiger partial charge in [0.1, 0.15) is 11.8 Å². The van der Waals surface area contributed by atoms with Gasteiger partial charge in [-0.1, -0.05) is 41.0 Å². The third-order valence-electron chi connectivity index (χ3n) is 4.72. The molecule has 1 aliphatic rings. The van der Waals surface area contributed by atoms with Crippen molar-refractivity contribution in [2.45, 2.75) is 32.4 Å². The van der Waals surface area contributed by atoms with Crippen LogP contribution in [-0.2, 0) is 11.3 Å². The Morgan fingerprint density at radius 2 is 2.07 bits per heavy atom. The molecule has 0 N–H and O–H groups in total. The number of aromatic nitrogens is 2. The summed E-state index contributed by atoms with van der Waals surface area (Å²) in [6.07, 6.45) is 1.13. The lowest BCUT2D eigenvalue weighted by Crippen LogP contribution is -2.27. The predicted molar refractivity (Wildman–Crippen MR) is 105 cm³/mol. The molecule has 0 saturated carbocycles. The zero-order chi connectivity index (χ0) is 19.5. The molecule has 3 aromatic rings. The molecule has 144 valence electrons. The molecule has 2 aromatic carbocycles. The Balaban J connectivity index is 1.55. The monoisotopic (exact) mass is 397 g/mol. The quantitative estimate of drug-likeness (QED) is 0.605. The Hall–Kier alpha value is -2.86. The Morgan fingerprint density at radius 3 is 2.86 bits per heavy atom. The van der Waals surface area contributed by atoms with Gasteiger partial charge < -0.3 is 14.2 Å². The second-order valence-electron chi connectivity index (χ2n) is 6.62. The van der Waals surface area contributed by atoms with E-state index < -0.39 is 0 Å². The minimum absolute atomic E-state index is 0.0815. The van der Waals surface area contributed by atoms with E-state index in [-0.39, 0.29) is 11.9 Å². The van der Waals surface area contributed by atoms with Gasteiger partial charge in [-0.3, -0.25) is 4.79 Å². The lowest BCUT2D eigenvalue weighted by atomic mass is 10.1. The lowest BCUT2D eigenvalue weighted by molar-refractivity contribution is -0.129. The number of carbonyl (C=O) groups excluding carboxylic acids is 1. The highest BCUT2D eigenvalue weighted by molar-refractivity contribution is 6.30. The average molecular weight is 398 g/mol. The van der Waals surface area contributed by atoms with Gasteiger partial charge in [0.15, 0.2) is 0 Å². The minimum atomic E-state index is -0.223. The molecule has 1 amide bonds. The van der Waals surface area contributed by atoms with Crippen molar-refractivity contribution >= 4 is 17.5 Å². The van der Waals surface area contributed by atoms with Gasteiger partial charge in [0, 0.05) is 23.6 Å². The van der Waals surface area contributed by atoms with Crippen LogP contribution in [0.2, 0.25) is 5.02 Å². The van der Waals surface area contributed by atoms with Gasteiger partial charge >= 0.3 is 0 Å². The first-order chi connectivity index (χ1) is 13.6. The van der Waals surface area contributed by atoms with Crippen molar-refractivity contribution in [3.8, 4) is 17.1 Å². The summed E-state index contributed by atoms with van der Waals surface area (Å²) in [6.45, 7) is 3.01. The van der Waals surface area contributed by atoms with Crippen LogP contribution in [0.15, 0.2) is 53.1 Å². The molecule has 7 heteroatoms. The van der Waals surface area contributed by atoms with E-state index in [1.165, 1.54) is 0 Å². The topological polar surface area (TPSA) is 68.5 Å². The molecule has 0 bridgehead atoms. The number of hydrogen-bond donors (Lipinski definition) is 0. The van der Waals surface area contributed by atoms with Crippen molar-refractivity contribution in [2.24, 2.45) is 0 Å². The van der Waals surface area contributed by atoms with Crippen LogP contribution < -0.4 is 4.74 Å². The third kappa shape index (κ3) is 3.87. The zero-order valence-corrected chi connectivity index (χ0v) is 16.2.